The average molecular weight is 476 g/mol. The number of carbonyl (C=O) groups is 1. The Labute approximate surface area is 196 Å². The normalized spacial score (nSPS) is 11.6. The summed E-state index contributed by atoms with van der Waals surface area (Å²) in [5.74, 6) is 10.1. The van der Waals surface area contributed by atoms with Gasteiger partial charge in [0.15, 0.2) is 5.65 Å². The summed E-state index contributed by atoms with van der Waals surface area (Å²) in [5, 5.41) is 9.80. The molecule has 0 spiro atoms. The summed E-state index contributed by atoms with van der Waals surface area (Å²) in [5.41, 5.74) is 0.552. The van der Waals surface area contributed by atoms with Gasteiger partial charge >= 0.3 is 6.18 Å². The summed E-state index contributed by atoms with van der Waals surface area (Å²) < 4.78 is 41.5. The molecule has 1 aromatic carbocycles. The number of halogens is 3. The first-order valence-electron chi connectivity index (χ1n) is 9.89. The molecule has 12 heteroatoms. The molecule has 0 atom stereocenters. The number of nitrogens with one attached hydrogen (secondary N) is 1. The molecule has 3 heterocycles. The van der Waals surface area contributed by atoms with Gasteiger partial charge in [-0.25, -0.2) is 9.50 Å². The van der Waals surface area contributed by atoms with Gasteiger partial charge < -0.3 is 11.2 Å². The Morgan fingerprint density at radius 2 is 1.97 bits per heavy atom. The van der Waals surface area contributed by atoms with Gasteiger partial charge in [-0.3, -0.25) is 14.8 Å². The van der Waals surface area contributed by atoms with E-state index >= 15 is 0 Å². The third-order valence-electron chi connectivity index (χ3n) is 4.49. The fraction of sp³-hybridized carbons (Fsp3) is 0.0435. The lowest BCUT2D eigenvalue weighted by atomic mass is 10.1. The number of alkyl halides is 3. The Bertz CT molecular complexity index is 1510. The van der Waals surface area contributed by atoms with E-state index in [0.717, 1.165) is 24.6 Å². The van der Waals surface area contributed by atoms with Crippen LogP contribution >= 0.6 is 0 Å². The number of hydrazone groups is 1. The zero-order valence-corrected chi connectivity index (χ0v) is 17.7. The molecule has 35 heavy (non-hydrogen) atoms. The van der Waals surface area contributed by atoms with Gasteiger partial charge in [0.25, 0.3) is 5.91 Å². The van der Waals surface area contributed by atoms with Crippen molar-refractivity contribution >= 4 is 35.4 Å². The molecule has 3 N–H and O–H groups in total. The molecule has 174 valence electrons. The first-order chi connectivity index (χ1) is 16.8. The number of benzene rings is 1. The minimum absolute atomic E-state index is 0.0468. The Morgan fingerprint density at radius 3 is 2.77 bits per heavy atom. The Kier molecular flexibility index (Phi) is 6.50. The number of pyridine rings is 1. The molecule has 0 aliphatic carbocycles. The van der Waals surface area contributed by atoms with Crippen LogP contribution in [-0.2, 0) is 6.18 Å². The van der Waals surface area contributed by atoms with Crippen molar-refractivity contribution in [3.05, 3.63) is 83.6 Å². The van der Waals surface area contributed by atoms with E-state index in [1.807, 2.05) is 0 Å². The van der Waals surface area contributed by atoms with Crippen LogP contribution in [0.15, 0.2) is 71.3 Å². The minimum atomic E-state index is -4.64. The van der Waals surface area contributed by atoms with Gasteiger partial charge in [-0.1, -0.05) is 5.92 Å². The van der Waals surface area contributed by atoms with E-state index < -0.39 is 17.6 Å². The van der Waals surface area contributed by atoms with Crippen LogP contribution in [0.3, 0.4) is 0 Å². The molecule has 0 unspecified atom stereocenters. The van der Waals surface area contributed by atoms with E-state index in [1.165, 1.54) is 24.5 Å². The van der Waals surface area contributed by atoms with Crippen LogP contribution in [0.25, 0.3) is 5.65 Å². The molecule has 1 amide bonds. The number of aromatic nitrogens is 4. The summed E-state index contributed by atoms with van der Waals surface area (Å²) in [7, 11) is 0. The Morgan fingerprint density at radius 1 is 1.11 bits per heavy atom. The highest BCUT2D eigenvalue weighted by Crippen LogP contribution is 2.34. The van der Waals surface area contributed by atoms with Gasteiger partial charge in [0, 0.05) is 36.1 Å². The molecule has 9 nitrogen and oxygen atoms in total. The maximum Gasteiger partial charge on any atom is 0.416 e. The number of anilines is 1. The summed E-state index contributed by atoms with van der Waals surface area (Å²) in [6, 6.07) is 7.92. The number of hydrogen-bond acceptors (Lipinski definition) is 7. The van der Waals surface area contributed by atoms with Crippen LogP contribution in [0, 0.1) is 11.8 Å². The van der Waals surface area contributed by atoms with Gasteiger partial charge in [-0.05, 0) is 42.3 Å². The average Bonchev–Trinajstić information content (AvgIpc) is 3.25. The van der Waals surface area contributed by atoms with E-state index in [2.05, 4.69) is 42.3 Å². The van der Waals surface area contributed by atoms with Crippen molar-refractivity contribution in [2.75, 3.05) is 5.32 Å². The van der Waals surface area contributed by atoms with Crippen molar-refractivity contribution in [3.63, 3.8) is 0 Å². The smallest absolute Gasteiger partial charge is 0.323 e. The minimum Gasteiger partial charge on any atom is -0.323 e. The van der Waals surface area contributed by atoms with E-state index in [1.54, 1.807) is 29.0 Å². The zero-order valence-electron chi connectivity index (χ0n) is 17.7. The summed E-state index contributed by atoms with van der Waals surface area (Å²) in [6.07, 6.45) is 3.50. The lowest BCUT2D eigenvalue weighted by molar-refractivity contribution is -0.137. The second-order valence-corrected chi connectivity index (χ2v) is 6.95. The van der Waals surface area contributed by atoms with Crippen molar-refractivity contribution in [3.8, 4) is 11.8 Å². The standard InChI is InChI=1S/C23H15F3N8O/c24-23(25,26)17-9-18(29-6-7-31-27)11-19(10-17)33-22(35)16-8-15(12-28-13-16)3-4-20-14-30-21-2-1-5-32-34(20)21/h1-2,5-14H,27H2,(H,33,35). The fourth-order valence-corrected chi connectivity index (χ4v) is 2.97. The molecule has 0 aliphatic heterocycles. The van der Waals surface area contributed by atoms with E-state index in [4.69, 9.17) is 5.84 Å². The van der Waals surface area contributed by atoms with E-state index in [-0.39, 0.29) is 16.9 Å². The van der Waals surface area contributed by atoms with Crippen LogP contribution < -0.4 is 11.2 Å². The van der Waals surface area contributed by atoms with Gasteiger partial charge in [0.2, 0.25) is 0 Å². The highest BCUT2D eigenvalue weighted by molar-refractivity contribution is 6.16. The van der Waals surface area contributed by atoms with Crippen molar-refractivity contribution in [1.29, 1.82) is 0 Å². The number of imidazole rings is 1. The van der Waals surface area contributed by atoms with Crippen molar-refractivity contribution in [2.24, 2.45) is 15.9 Å². The summed E-state index contributed by atoms with van der Waals surface area (Å²) in [6.45, 7) is 0. The maximum atomic E-state index is 13.3. The second kappa shape index (κ2) is 9.84. The number of hydrogen-bond donors (Lipinski definition) is 2. The zero-order chi connectivity index (χ0) is 24.8. The second-order valence-electron chi connectivity index (χ2n) is 6.95. The van der Waals surface area contributed by atoms with Crippen molar-refractivity contribution in [1.82, 2.24) is 19.6 Å². The number of amides is 1. The monoisotopic (exact) mass is 476 g/mol. The van der Waals surface area contributed by atoms with Crippen LogP contribution in [0.5, 0.6) is 0 Å². The summed E-state index contributed by atoms with van der Waals surface area (Å²) >= 11 is 0. The molecule has 4 rings (SSSR count). The number of rotatable bonds is 4. The number of carbonyl (C=O) groups excluding carboxylic acids is 1. The van der Waals surface area contributed by atoms with Crippen LogP contribution in [0.1, 0.15) is 27.2 Å². The summed E-state index contributed by atoms with van der Waals surface area (Å²) in [4.78, 5) is 24.8. The SMILES string of the molecule is NN=CC=Nc1cc(NC(=O)c2cncc(C#Cc3cnc4cccnn34)c2)cc(C(F)(F)F)c1. The predicted octanol–water partition coefficient (Wildman–Crippen LogP) is 3.44. The van der Waals surface area contributed by atoms with E-state index in [0.29, 0.717) is 16.9 Å². The lowest BCUT2D eigenvalue weighted by Crippen LogP contribution is -2.13. The van der Waals surface area contributed by atoms with E-state index in [9.17, 15) is 18.0 Å². The molecule has 3 aromatic heterocycles. The number of fused-ring (bicyclic) bond motifs is 1. The van der Waals surface area contributed by atoms with Crippen LogP contribution in [0.4, 0.5) is 24.5 Å². The Hall–Kier alpha value is -5.05. The van der Waals surface area contributed by atoms with Crippen molar-refractivity contribution in [2.45, 2.75) is 6.18 Å². The molecule has 0 saturated carbocycles. The predicted molar refractivity (Wildman–Crippen MR) is 123 cm³/mol. The number of nitrogens with zero attached hydrogens (tertiary/aromatic N) is 6. The highest BCUT2D eigenvalue weighted by Gasteiger charge is 2.31. The third-order valence-corrected chi connectivity index (χ3v) is 4.49. The quantitative estimate of drug-likeness (QED) is 0.202. The lowest BCUT2D eigenvalue weighted by Gasteiger charge is -2.11. The third kappa shape index (κ3) is 5.66. The molecule has 0 bridgehead atoms. The molecular formula is C23H15F3N8O. The molecule has 0 aliphatic rings. The van der Waals surface area contributed by atoms with Crippen LogP contribution in [-0.4, -0.2) is 37.9 Å². The topological polar surface area (TPSA) is 123 Å². The van der Waals surface area contributed by atoms with Gasteiger partial charge in [0.05, 0.1) is 29.2 Å². The number of aliphatic imine (C=N–C) groups is 1. The molecule has 0 radical (unpaired) electrons. The van der Waals surface area contributed by atoms with Crippen molar-refractivity contribution < 1.29 is 18.0 Å². The van der Waals surface area contributed by atoms with Gasteiger partial charge in [-0.2, -0.15) is 23.4 Å². The fourth-order valence-electron chi connectivity index (χ4n) is 2.97. The highest BCUT2D eigenvalue weighted by atomic mass is 19.4. The number of nitrogens with two attached hydrogens (primary N) is 1. The Balaban J connectivity index is 1.58. The molecule has 0 fully saturated rings. The largest absolute Gasteiger partial charge is 0.416 e. The molecular weight excluding hydrogens is 461 g/mol. The first-order valence-corrected chi connectivity index (χ1v) is 9.89. The van der Waals surface area contributed by atoms with Gasteiger partial charge in [0.1, 0.15) is 5.69 Å². The molecule has 4 aromatic rings. The van der Waals surface area contributed by atoms with Crippen LogP contribution in [0.2, 0.25) is 0 Å². The maximum absolute atomic E-state index is 13.3. The van der Waals surface area contributed by atoms with Gasteiger partial charge in [-0.15, -0.1) is 0 Å². The first kappa shape index (κ1) is 23.1. The molecule has 0 saturated heterocycles.